The first-order valence-electron chi connectivity index (χ1n) is 2.46. The number of halogens is 1. The average Bonchev–Trinajstić information content (AvgIpc) is 1.67. The third-order valence-electron chi connectivity index (χ3n) is 0.756. The van der Waals surface area contributed by atoms with E-state index < -0.39 is 10.4 Å². The van der Waals surface area contributed by atoms with Gasteiger partial charge in [-0.05, 0) is 18.0 Å². The van der Waals surface area contributed by atoms with Crippen molar-refractivity contribution < 1.29 is 4.92 Å². The lowest BCUT2D eigenvalue weighted by Gasteiger charge is -1.95. The van der Waals surface area contributed by atoms with Crippen LogP contribution in [0.2, 0.25) is 0 Å². The Morgan fingerprint density at radius 1 is 1.88 bits per heavy atom. The quantitative estimate of drug-likeness (QED) is 0.257. The molecule has 8 heavy (non-hydrogen) atoms. The van der Waals surface area contributed by atoms with Gasteiger partial charge in [-0.25, -0.2) is 0 Å². The molecule has 0 rings (SSSR count). The summed E-state index contributed by atoms with van der Waals surface area (Å²) in [5.74, 6) is 0. The van der Waals surface area contributed by atoms with Crippen molar-refractivity contribution in [2.45, 2.75) is 25.3 Å². The molecule has 0 amide bonds. The maximum atomic E-state index is 9.76. The Labute approximate surface area is 52.8 Å². The zero-order chi connectivity index (χ0) is 6.57. The Hall–Kier alpha value is -0.310. The van der Waals surface area contributed by atoms with Gasteiger partial charge in [0.2, 0.25) is 0 Å². The van der Waals surface area contributed by atoms with Crippen molar-refractivity contribution in [3.8, 4) is 0 Å². The Kier molecular flexibility index (Phi) is 3.52. The minimum Gasteiger partial charge on any atom is -0.263 e. The molecule has 0 aliphatic rings. The van der Waals surface area contributed by atoms with Crippen LogP contribution in [-0.2, 0) is 0 Å². The van der Waals surface area contributed by atoms with Crippen LogP contribution in [0.1, 0.15) is 19.8 Å². The molecule has 1 unspecified atom stereocenters. The predicted octanol–water partition coefficient (Wildman–Crippen LogP) is 1.63. The highest BCUT2D eigenvalue weighted by Gasteiger charge is 2.12. The van der Waals surface area contributed by atoms with Gasteiger partial charge in [-0.15, -0.1) is 0 Å². The van der Waals surface area contributed by atoms with Crippen molar-refractivity contribution in [3.05, 3.63) is 10.1 Å². The van der Waals surface area contributed by atoms with Crippen LogP contribution in [-0.4, -0.2) is 10.4 Å². The molecule has 48 valence electrons. The van der Waals surface area contributed by atoms with Crippen molar-refractivity contribution >= 4 is 11.6 Å². The average molecular weight is 138 g/mol. The minimum atomic E-state index is -0.889. The van der Waals surface area contributed by atoms with Crippen LogP contribution < -0.4 is 0 Å². The Balaban J connectivity index is 3.32. The fourth-order valence-corrected chi connectivity index (χ4v) is 0.562. The molecule has 0 saturated heterocycles. The van der Waals surface area contributed by atoms with Crippen LogP contribution >= 0.6 is 11.6 Å². The highest BCUT2D eigenvalue weighted by molar-refractivity contribution is 6.19. The molecule has 0 spiro atoms. The van der Waals surface area contributed by atoms with E-state index in [0.29, 0.717) is 6.42 Å². The third kappa shape index (κ3) is 2.80. The summed E-state index contributed by atoms with van der Waals surface area (Å²) < 4.78 is 0. The fraction of sp³-hybridized carbons (Fsp3) is 1.00. The Morgan fingerprint density at radius 2 is 2.38 bits per heavy atom. The molecule has 3 nitrogen and oxygen atoms in total. The molecule has 0 bridgehead atoms. The van der Waals surface area contributed by atoms with Gasteiger partial charge in [0.05, 0.1) is 0 Å². The summed E-state index contributed by atoms with van der Waals surface area (Å²) in [6.07, 6.45) is 1.21. The molecule has 0 N–H and O–H groups in total. The van der Waals surface area contributed by atoms with Crippen molar-refractivity contribution in [1.82, 2.24) is 0 Å². The molecule has 0 saturated carbocycles. The van der Waals surface area contributed by atoms with Gasteiger partial charge in [-0.1, -0.05) is 6.92 Å². The SMILES string of the molecule is CCCC(Cl)[N+](=O)[O-]. The van der Waals surface area contributed by atoms with Gasteiger partial charge >= 0.3 is 0 Å². The Bertz CT molecular complexity index is 86.1. The molecular formula is C4H8ClNO2. The maximum Gasteiger partial charge on any atom is 0.286 e. The van der Waals surface area contributed by atoms with Crippen LogP contribution in [0.3, 0.4) is 0 Å². The summed E-state index contributed by atoms with van der Waals surface area (Å²) in [7, 11) is 0. The van der Waals surface area contributed by atoms with E-state index in [0.717, 1.165) is 6.42 Å². The number of rotatable bonds is 3. The molecule has 0 aliphatic heterocycles. The van der Waals surface area contributed by atoms with E-state index in [-0.39, 0.29) is 0 Å². The number of nitrogens with zero attached hydrogens (tertiary/aromatic N) is 1. The molecule has 0 aliphatic carbocycles. The highest BCUT2D eigenvalue weighted by atomic mass is 35.5. The zero-order valence-electron chi connectivity index (χ0n) is 4.63. The van der Waals surface area contributed by atoms with E-state index in [1.54, 1.807) is 0 Å². The van der Waals surface area contributed by atoms with E-state index in [9.17, 15) is 10.1 Å². The van der Waals surface area contributed by atoms with Gasteiger partial charge in [-0.2, -0.15) is 0 Å². The van der Waals surface area contributed by atoms with Crippen LogP contribution in [0.25, 0.3) is 0 Å². The maximum absolute atomic E-state index is 9.76. The van der Waals surface area contributed by atoms with Gasteiger partial charge in [0.1, 0.15) is 0 Å². The summed E-state index contributed by atoms with van der Waals surface area (Å²) in [6.45, 7) is 1.86. The molecule has 0 aromatic heterocycles. The van der Waals surface area contributed by atoms with E-state index in [1.165, 1.54) is 0 Å². The lowest BCUT2D eigenvalue weighted by atomic mass is 10.3. The first kappa shape index (κ1) is 7.69. The van der Waals surface area contributed by atoms with Gasteiger partial charge in [0, 0.05) is 11.3 Å². The first-order chi connectivity index (χ1) is 3.68. The summed E-state index contributed by atoms with van der Waals surface area (Å²) in [6, 6.07) is 0. The molecule has 1 atom stereocenters. The summed E-state index contributed by atoms with van der Waals surface area (Å²) in [5, 5.41) is 9.76. The number of hydrogen-bond donors (Lipinski definition) is 0. The first-order valence-corrected chi connectivity index (χ1v) is 2.89. The fourth-order valence-electron chi connectivity index (χ4n) is 0.344. The lowest BCUT2D eigenvalue weighted by molar-refractivity contribution is -0.499. The standard InChI is InChI=1S/C4H8ClNO2/c1-2-3-4(5)6(7)8/h4H,2-3H2,1H3. The molecular weight excluding hydrogens is 130 g/mol. The predicted molar refractivity (Wildman–Crippen MR) is 31.5 cm³/mol. The number of hydrogen-bond acceptors (Lipinski definition) is 2. The minimum absolute atomic E-state index is 0.453. The van der Waals surface area contributed by atoms with Crippen LogP contribution in [0.15, 0.2) is 0 Å². The molecule has 0 aromatic rings. The van der Waals surface area contributed by atoms with Crippen LogP contribution in [0, 0.1) is 10.1 Å². The molecule has 0 fully saturated rings. The normalized spacial score (nSPS) is 13.2. The summed E-state index contributed by atoms with van der Waals surface area (Å²) in [5.41, 5.74) is -0.889. The molecule has 0 aromatic carbocycles. The van der Waals surface area contributed by atoms with Gasteiger partial charge in [0.15, 0.2) is 0 Å². The zero-order valence-corrected chi connectivity index (χ0v) is 5.39. The van der Waals surface area contributed by atoms with Crippen molar-refractivity contribution in [3.63, 3.8) is 0 Å². The highest BCUT2D eigenvalue weighted by Crippen LogP contribution is 2.03. The topological polar surface area (TPSA) is 43.1 Å². The second-order valence-electron chi connectivity index (χ2n) is 1.51. The van der Waals surface area contributed by atoms with Crippen molar-refractivity contribution in [2.24, 2.45) is 0 Å². The summed E-state index contributed by atoms with van der Waals surface area (Å²) in [4.78, 5) is 9.28. The van der Waals surface area contributed by atoms with E-state index in [1.807, 2.05) is 6.92 Å². The largest absolute Gasteiger partial charge is 0.286 e. The van der Waals surface area contributed by atoms with Gasteiger partial charge in [-0.3, -0.25) is 10.1 Å². The van der Waals surface area contributed by atoms with E-state index in [2.05, 4.69) is 0 Å². The molecule has 4 heteroatoms. The number of nitro groups is 1. The van der Waals surface area contributed by atoms with Crippen molar-refractivity contribution in [2.75, 3.05) is 0 Å². The third-order valence-corrected chi connectivity index (χ3v) is 1.13. The lowest BCUT2D eigenvalue weighted by Crippen LogP contribution is -2.10. The van der Waals surface area contributed by atoms with Crippen LogP contribution in [0.4, 0.5) is 0 Å². The number of alkyl halides is 1. The second-order valence-corrected chi connectivity index (χ2v) is 2.01. The van der Waals surface area contributed by atoms with E-state index in [4.69, 9.17) is 11.6 Å². The van der Waals surface area contributed by atoms with Crippen molar-refractivity contribution in [1.29, 1.82) is 0 Å². The summed E-state index contributed by atoms with van der Waals surface area (Å²) >= 11 is 5.22. The van der Waals surface area contributed by atoms with E-state index >= 15 is 0 Å². The van der Waals surface area contributed by atoms with Gasteiger partial charge in [0.25, 0.3) is 5.50 Å². The second kappa shape index (κ2) is 3.66. The van der Waals surface area contributed by atoms with Gasteiger partial charge < -0.3 is 0 Å². The molecule has 0 radical (unpaired) electrons. The smallest absolute Gasteiger partial charge is 0.263 e. The molecule has 0 heterocycles. The van der Waals surface area contributed by atoms with Crippen LogP contribution in [0.5, 0.6) is 0 Å². The Morgan fingerprint density at radius 3 is 2.50 bits per heavy atom. The monoisotopic (exact) mass is 137 g/mol.